The molecule has 0 aliphatic carbocycles. The first-order chi connectivity index (χ1) is 12.9. The maximum absolute atomic E-state index is 4.62. The molecule has 0 spiro atoms. The van der Waals surface area contributed by atoms with Crippen LogP contribution in [0.2, 0.25) is 0 Å². The van der Waals surface area contributed by atoms with Crippen LogP contribution in [0, 0.1) is 0 Å². The largest absolute Gasteiger partial charge is 0.328 e. The molecule has 1 aromatic heterocycles. The summed E-state index contributed by atoms with van der Waals surface area (Å²) in [5.41, 5.74) is 5.70. The van der Waals surface area contributed by atoms with Gasteiger partial charge >= 0.3 is 0 Å². The van der Waals surface area contributed by atoms with Crippen LogP contribution in [-0.2, 0) is 0 Å². The summed E-state index contributed by atoms with van der Waals surface area (Å²) < 4.78 is 0. The fourth-order valence-electron chi connectivity index (χ4n) is 3.51. The van der Waals surface area contributed by atoms with Crippen LogP contribution in [0.25, 0.3) is 11.1 Å². The molecule has 0 amide bonds. The fraction of sp³-hybridized carbons (Fsp3) is 0. The third kappa shape index (κ3) is 2.36. The average molecular weight is 337 g/mol. The third-order valence-electron chi connectivity index (χ3n) is 4.66. The van der Waals surface area contributed by atoms with E-state index in [1.165, 1.54) is 5.56 Å². The van der Waals surface area contributed by atoms with Crippen molar-refractivity contribution in [2.24, 2.45) is 0 Å². The molecule has 0 radical (unpaired) electrons. The Morgan fingerprint density at radius 2 is 1.42 bits per heavy atom. The van der Waals surface area contributed by atoms with Gasteiger partial charge in [0.25, 0.3) is 5.82 Å². The van der Waals surface area contributed by atoms with Gasteiger partial charge in [-0.25, -0.2) is 9.88 Å². The summed E-state index contributed by atoms with van der Waals surface area (Å²) in [6.45, 7) is 0. The molecule has 1 unspecified atom stereocenters. The highest BCUT2D eigenvalue weighted by atomic mass is 15.3. The Morgan fingerprint density at radius 3 is 2.23 bits per heavy atom. The predicted octanol–water partition coefficient (Wildman–Crippen LogP) is 4.38. The summed E-state index contributed by atoms with van der Waals surface area (Å²) in [6, 6.07) is 27.2. The zero-order valence-corrected chi connectivity index (χ0v) is 14.1. The van der Waals surface area contributed by atoms with E-state index in [0.717, 1.165) is 39.2 Å². The van der Waals surface area contributed by atoms with Gasteiger partial charge in [-0.05, 0) is 17.7 Å². The first kappa shape index (κ1) is 14.8. The van der Waals surface area contributed by atoms with Crippen LogP contribution in [0.5, 0.6) is 0 Å². The van der Waals surface area contributed by atoms with Crippen LogP contribution >= 0.6 is 0 Å². The lowest BCUT2D eigenvalue weighted by molar-refractivity contribution is -0.684. The van der Waals surface area contributed by atoms with E-state index in [0.29, 0.717) is 0 Å². The van der Waals surface area contributed by atoms with Crippen LogP contribution in [-0.4, -0.2) is 9.97 Å². The molecule has 4 nitrogen and oxygen atoms in total. The molecule has 1 atom stereocenters. The number of nitrogens with one attached hydrogen (secondary N) is 2. The number of hydrogen-bond donors (Lipinski definition) is 2. The lowest BCUT2D eigenvalue weighted by atomic mass is 10.0. The van der Waals surface area contributed by atoms with Gasteiger partial charge in [0, 0.05) is 17.8 Å². The Kier molecular flexibility index (Phi) is 3.47. The number of benzene rings is 3. The highest BCUT2D eigenvalue weighted by Gasteiger charge is 2.33. The van der Waals surface area contributed by atoms with Gasteiger partial charge in [0.05, 0.1) is 6.20 Å². The van der Waals surface area contributed by atoms with Crippen LogP contribution < -0.4 is 10.2 Å². The Hall–Kier alpha value is -3.50. The Balaban J connectivity index is 1.77. The quantitative estimate of drug-likeness (QED) is 0.502. The van der Waals surface area contributed by atoms with Crippen molar-refractivity contribution in [2.45, 2.75) is 0 Å². The SMILES string of the molecule is c1ccc(-c2cccc3c2Nc2nccnc2[NH+]3c2ccccc2)cc1. The predicted molar refractivity (Wildman–Crippen MR) is 104 cm³/mol. The molecule has 3 aromatic carbocycles. The summed E-state index contributed by atoms with van der Waals surface area (Å²) in [6.07, 6.45) is 3.47. The highest BCUT2D eigenvalue weighted by molar-refractivity contribution is 5.90. The zero-order chi connectivity index (χ0) is 17.3. The van der Waals surface area contributed by atoms with Crippen molar-refractivity contribution in [1.29, 1.82) is 0 Å². The molecule has 4 heteroatoms. The van der Waals surface area contributed by atoms with Crippen LogP contribution in [0.1, 0.15) is 0 Å². The van der Waals surface area contributed by atoms with E-state index in [1.54, 1.807) is 12.4 Å². The third-order valence-corrected chi connectivity index (χ3v) is 4.66. The Morgan fingerprint density at radius 1 is 0.692 bits per heavy atom. The number of hydrogen-bond acceptors (Lipinski definition) is 3. The molecule has 5 rings (SSSR count). The molecule has 0 fully saturated rings. The average Bonchev–Trinajstić information content (AvgIpc) is 2.73. The second-order valence-electron chi connectivity index (χ2n) is 6.21. The number of rotatable bonds is 2. The number of quaternary nitrogens is 1. The number of anilines is 2. The van der Waals surface area contributed by atoms with Crippen molar-refractivity contribution in [3.63, 3.8) is 0 Å². The van der Waals surface area contributed by atoms with Gasteiger partial charge in [0.2, 0.25) is 5.82 Å². The van der Waals surface area contributed by atoms with Crippen molar-refractivity contribution < 1.29 is 4.90 Å². The van der Waals surface area contributed by atoms with Gasteiger partial charge in [-0.1, -0.05) is 60.7 Å². The molecule has 4 aromatic rings. The molecule has 0 saturated carbocycles. The monoisotopic (exact) mass is 337 g/mol. The molecule has 0 saturated heterocycles. The molecule has 26 heavy (non-hydrogen) atoms. The lowest BCUT2D eigenvalue weighted by Crippen LogP contribution is -2.98. The summed E-state index contributed by atoms with van der Waals surface area (Å²) in [5.74, 6) is 1.68. The Labute approximate surface area is 151 Å². The molecule has 1 aliphatic rings. The zero-order valence-electron chi connectivity index (χ0n) is 14.1. The van der Waals surface area contributed by atoms with E-state index in [2.05, 4.69) is 82.0 Å². The minimum absolute atomic E-state index is 0.794. The minimum atomic E-state index is 0.794. The number of nitrogens with zero attached hydrogens (tertiary/aromatic N) is 2. The normalized spacial score (nSPS) is 14.8. The lowest BCUT2D eigenvalue weighted by Gasteiger charge is -2.27. The van der Waals surface area contributed by atoms with Crippen LogP contribution in [0.3, 0.4) is 0 Å². The fourth-order valence-corrected chi connectivity index (χ4v) is 3.51. The van der Waals surface area contributed by atoms with Crippen LogP contribution in [0.15, 0.2) is 91.3 Å². The van der Waals surface area contributed by atoms with E-state index < -0.39 is 0 Å². The topological polar surface area (TPSA) is 42.2 Å². The summed E-state index contributed by atoms with van der Waals surface area (Å²) in [7, 11) is 0. The molecule has 124 valence electrons. The van der Waals surface area contributed by atoms with E-state index in [4.69, 9.17) is 0 Å². The first-order valence-electron chi connectivity index (χ1n) is 8.61. The van der Waals surface area contributed by atoms with Crippen molar-refractivity contribution in [3.05, 3.63) is 91.3 Å². The molecule has 1 aliphatic heterocycles. The molecule has 0 bridgehead atoms. The van der Waals surface area contributed by atoms with Crippen molar-refractivity contribution in [2.75, 3.05) is 5.32 Å². The second kappa shape index (κ2) is 6.10. The molecular weight excluding hydrogens is 320 g/mol. The standard InChI is InChI=1S/C22H16N4/c1-3-8-16(9-4-1)18-12-7-13-19-20(18)25-21-22(24-15-14-23-21)26(19)17-10-5-2-6-11-17/h1-15H,(H,23,25)/p+1. The molecular formula is C22H17N4+. The van der Waals surface area contributed by atoms with E-state index in [-0.39, 0.29) is 0 Å². The number of aromatic nitrogens is 2. The second-order valence-corrected chi connectivity index (χ2v) is 6.21. The maximum atomic E-state index is 4.62. The van der Waals surface area contributed by atoms with Crippen molar-refractivity contribution in [1.82, 2.24) is 9.97 Å². The summed E-state index contributed by atoms with van der Waals surface area (Å²) in [5, 5.41) is 3.51. The minimum Gasteiger partial charge on any atom is -0.328 e. The number of fused-ring (bicyclic) bond motifs is 2. The van der Waals surface area contributed by atoms with Crippen molar-refractivity contribution in [3.8, 4) is 11.1 Å². The van der Waals surface area contributed by atoms with Crippen LogP contribution in [0.4, 0.5) is 28.7 Å². The van der Waals surface area contributed by atoms with Gasteiger partial charge in [-0.3, -0.25) is 0 Å². The summed E-state index contributed by atoms with van der Waals surface area (Å²) in [4.78, 5) is 10.3. The van der Waals surface area contributed by atoms with Gasteiger partial charge < -0.3 is 5.32 Å². The van der Waals surface area contributed by atoms with Gasteiger partial charge in [-0.15, -0.1) is 0 Å². The molecule has 2 N–H and O–H groups in total. The van der Waals surface area contributed by atoms with Crippen molar-refractivity contribution >= 4 is 28.7 Å². The highest BCUT2D eigenvalue weighted by Crippen LogP contribution is 2.39. The van der Waals surface area contributed by atoms with E-state index >= 15 is 0 Å². The van der Waals surface area contributed by atoms with E-state index in [9.17, 15) is 0 Å². The Bertz CT molecular complexity index is 1060. The van der Waals surface area contributed by atoms with Gasteiger partial charge in [0.15, 0.2) is 5.69 Å². The summed E-state index contributed by atoms with van der Waals surface area (Å²) >= 11 is 0. The maximum Gasteiger partial charge on any atom is 0.280 e. The van der Waals surface area contributed by atoms with Gasteiger partial charge in [0.1, 0.15) is 11.4 Å². The van der Waals surface area contributed by atoms with Gasteiger partial charge in [-0.2, -0.15) is 4.98 Å². The smallest absolute Gasteiger partial charge is 0.280 e. The molecule has 2 heterocycles. The first-order valence-corrected chi connectivity index (χ1v) is 8.61. The number of para-hydroxylation sites is 2. The van der Waals surface area contributed by atoms with E-state index in [1.807, 2.05) is 12.1 Å².